The highest BCUT2D eigenvalue weighted by molar-refractivity contribution is 5.95. The minimum Gasteiger partial charge on any atom is -0.489 e. The predicted molar refractivity (Wildman–Crippen MR) is 75.1 cm³/mol. The van der Waals surface area contributed by atoms with Crippen LogP contribution in [-0.4, -0.2) is 19.2 Å². The molecule has 1 spiro atoms. The molecular weight excluding hydrogens is 268 g/mol. The molecule has 0 amide bonds. The topological polar surface area (TPSA) is 44.8 Å². The summed E-state index contributed by atoms with van der Waals surface area (Å²) >= 11 is 0. The molecule has 0 radical (unpaired) electrons. The summed E-state index contributed by atoms with van der Waals surface area (Å²) in [6, 6.07) is 15.5. The van der Waals surface area contributed by atoms with Gasteiger partial charge < -0.3 is 14.2 Å². The minimum absolute atomic E-state index is 0.293. The summed E-state index contributed by atoms with van der Waals surface area (Å²) in [6.07, 6.45) is 0. The molecular formula is C17H14O4. The maximum Gasteiger partial charge on any atom is 0.339 e. The molecule has 106 valence electrons. The molecule has 21 heavy (non-hydrogen) atoms. The second kappa shape index (κ2) is 4.60. The quantitative estimate of drug-likeness (QED) is 0.812. The maximum absolute atomic E-state index is 12.0. The van der Waals surface area contributed by atoms with Crippen LogP contribution in [0.1, 0.15) is 21.5 Å². The van der Waals surface area contributed by atoms with Gasteiger partial charge in [0, 0.05) is 5.56 Å². The lowest BCUT2D eigenvalue weighted by atomic mass is 9.90. The maximum atomic E-state index is 12.0. The Hall–Kier alpha value is -2.33. The van der Waals surface area contributed by atoms with Gasteiger partial charge in [0.05, 0.1) is 18.8 Å². The Kier molecular flexibility index (Phi) is 2.72. The molecule has 2 aliphatic rings. The van der Waals surface area contributed by atoms with Crippen molar-refractivity contribution in [2.24, 2.45) is 0 Å². The van der Waals surface area contributed by atoms with Gasteiger partial charge in [0.15, 0.2) is 5.60 Å². The van der Waals surface area contributed by atoms with E-state index in [2.05, 4.69) is 0 Å². The van der Waals surface area contributed by atoms with Crippen LogP contribution in [-0.2, 0) is 21.7 Å². The van der Waals surface area contributed by atoms with Crippen LogP contribution < -0.4 is 4.74 Å². The molecule has 1 fully saturated rings. The van der Waals surface area contributed by atoms with Crippen molar-refractivity contribution in [3.05, 3.63) is 65.2 Å². The summed E-state index contributed by atoms with van der Waals surface area (Å²) in [7, 11) is 0. The normalized spacial score (nSPS) is 18.0. The standard InChI is InChI=1S/C17H14O4/c18-16-14-8-13(20-9-12-4-2-1-3-5-12)6-7-15(14)17(21-16)10-19-11-17/h1-8H,9-11H2. The number of benzene rings is 2. The molecule has 4 nitrogen and oxygen atoms in total. The third-order valence-corrected chi connectivity index (χ3v) is 3.91. The number of carbonyl (C=O) groups is 1. The lowest BCUT2D eigenvalue weighted by Gasteiger charge is -2.36. The summed E-state index contributed by atoms with van der Waals surface area (Å²) in [6.45, 7) is 1.36. The monoisotopic (exact) mass is 282 g/mol. The van der Waals surface area contributed by atoms with Gasteiger partial charge in [-0.25, -0.2) is 4.79 Å². The van der Waals surface area contributed by atoms with Crippen molar-refractivity contribution in [2.75, 3.05) is 13.2 Å². The molecule has 1 saturated heterocycles. The van der Waals surface area contributed by atoms with E-state index in [0.29, 0.717) is 31.1 Å². The van der Waals surface area contributed by atoms with Crippen LogP contribution in [0.3, 0.4) is 0 Å². The number of rotatable bonds is 3. The fourth-order valence-corrected chi connectivity index (χ4v) is 2.71. The van der Waals surface area contributed by atoms with Crippen LogP contribution in [0.15, 0.2) is 48.5 Å². The number of hydrogen-bond acceptors (Lipinski definition) is 4. The Balaban J connectivity index is 1.56. The average molecular weight is 282 g/mol. The summed E-state index contributed by atoms with van der Waals surface area (Å²) in [4.78, 5) is 12.0. The lowest BCUT2D eigenvalue weighted by molar-refractivity contribution is -0.179. The van der Waals surface area contributed by atoms with Crippen molar-refractivity contribution in [2.45, 2.75) is 12.2 Å². The van der Waals surface area contributed by atoms with Crippen LogP contribution in [0, 0.1) is 0 Å². The van der Waals surface area contributed by atoms with Gasteiger partial charge in [-0.15, -0.1) is 0 Å². The molecule has 0 atom stereocenters. The van der Waals surface area contributed by atoms with Gasteiger partial charge in [-0.05, 0) is 17.7 Å². The van der Waals surface area contributed by atoms with Crippen molar-refractivity contribution in [1.29, 1.82) is 0 Å². The SMILES string of the molecule is O=C1OC2(COC2)c2ccc(OCc3ccccc3)cc21. The number of fused-ring (bicyclic) bond motifs is 2. The van der Waals surface area contributed by atoms with Crippen molar-refractivity contribution in [3.8, 4) is 5.75 Å². The van der Waals surface area contributed by atoms with E-state index >= 15 is 0 Å². The van der Waals surface area contributed by atoms with Crippen LogP contribution in [0.5, 0.6) is 5.75 Å². The minimum atomic E-state index is -0.551. The zero-order valence-corrected chi connectivity index (χ0v) is 11.4. The fraction of sp³-hybridized carbons (Fsp3) is 0.235. The van der Waals surface area contributed by atoms with Crippen LogP contribution in [0.4, 0.5) is 0 Å². The molecule has 0 bridgehead atoms. The Labute approximate surface area is 122 Å². The van der Waals surface area contributed by atoms with E-state index < -0.39 is 5.60 Å². The first-order chi connectivity index (χ1) is 10.3. The zero-order chi connectivity index (χ0) is 14.3. The molecule has 0 aliphatic carbocycles. The smallest absolute Gasteiger partial charge is 0.339 e. The molecule has 0 unspecified atom stereocenters. The van der Waals surface area contributed by atoms with E-state index in [4.69, 9.17) is 14.2 Å². The summed E-state index contributed by atoms with van der Waals surface area (Å²) in [5.74, 6) is 0.380. The molecule has 0 saturated carbocycles. The molecule has 2 aromatic carbocycles. The first kappa shape index (κ1) is 12.4. The first-order valence-electron chi connectivity index (χ1n) is 6.89. The van der Waals surface area contributed by atoms with Gasteiger partial charge in [-0.3, -0.25) is 0 Å². The van der Waals surface area contributed by atoms with Crippen LogP contribution in [0.25, 0.3) is 0 Å². The van der Waals surface area contributed by atoms with Crippen LogP contribution >= 0.6 is 0 Å². The highest BCUT2D eigenvalue weighted by Crippen LogP contribution is 2.42. The second-order valence-corrected chi connectivity index (χ2v) is 5.36. The molecule has 2 aliphatic heterocycles. The highest BCUT2D eigenvalue weighted by Gasteiger charge is 2.51. The van der Waals surface area contributed by atoms with E-state index in [9.17, 15) is 4.79 Å². The number of hydrogen-bond donors (Lipinski definition) is 0. The van der Waals surface area contributed by atoms with E-state index in [-0.39, 0.29) is 5.97 Å². The largest absolute Gasteiger partial charge is 0.489 e. The second-order valence-electron chi connectivity index (χ2n) is 5.36. The Morgan fingerprint density at radius 3 is 2.62 bits per heavy atom. The Bertz CT molecular complexity index is 689. The Morgan fingerprint density at radius 2 is 1.90 bits per heavy atom. The van der Waals surface area contributed by atoms with E-state index in [1.54, 1.807) is 6.07 Å². The van der Waals surface area contributed by atoms with Gasteiger partial charge in [0.2, 0.25) is 0 Å². The number of carbonyl (C=O) groups excluding carboxylic acids is 1. The number of ether oxygens (including phenoxy) is 3. The van der Waals surface area contributed by atoms with Crippen molar-refractivity contribution >= 4 is 5.97 Å². The van der Waals surface area contributed by atoms with Crippen LogP contribution in [0.2, 0.25) is 0 Å². The summed E-state index contributed by atoms with van der Waals surface area (Å²) in [5, 5.41) is 0. The van der Waals surface area contributed by atoms with Crippen molar-refractivity contribution in [1.82, 2.24) is 0 Å². The Morgan fingerprint density at radius 1 is 1.10 bits per heavy atom. The van der Waals surface area contributed by atoms with Crippen molar-refractivity contribution in [3.63, 3.8) is 0 Å². The fourth-order valence-electron chi connectivity index (χ4n) is 2.71. The van der Waals surface area contributed by atoms with Gasteiger partial charge in [-0.1, -0.05) is 36.4 Å². The van der Waals surface area contributed by atoms with Gasteiger partial charge in [0.1, 0.15) is 12.4 Å². The van der Waals surface area contributed by atoms with Gasteiger partial charge >= 0.3 is 5.97 Å². The molecule has 0 aromatic heterocycles. The third kappa shape index (κ3) is 1.99. The average Bonchev–Trinajstić information content (AvgIpc) is 2.79. The third-order valence-electron chi connectivity index (χ3n) is 3.91. The zero-order valence-electron chi connectivity index (χ0n) is 11.4. The van der Waals surface area contributed by atoms with E-state index in [1.807, 2.05) is 42.5 Å². The van der Waals surface area contributed by atoms with Gasteiger partial charge in [0.25, 0.3) is 0 Å². The van der Waals surface area contributed by atoms with Gasteiger partial charge in [-0.2, -0.15) is 0 Å². The molecule has 2 heterocycles. The van der Waals surface area contributed by atoms with E-state index in [0.717, 1.165) is 11.1 Å². The highest BCUT2D eigenvalue weighted by atomic mass is 16.6. The summed E-state index contributed by atoms with van der Waals surface area (Å²) in [5.41, 5.74) is 2.03. The number of esters is 1. The molecule has 4 heteroatoms. The first-order valence-corrected chi connectivity index (χ1v) is 6.89. The predicted octanol–water partition coefficient (Wildman–Crippen LogP) is 2.66. The molecule has 4 rings (SSSR count). The molecule has 0 N–H and O–H groups in total. The van der Waals surface area contributed by atoms with E-state index in [1.165, 1.54) is 0 Å². The van der Waals surface area contributed by atoms with Crippen molar-refractivity contribution < 1.29 is 19.0 Å². The molecule has 2 aromatic rings. The lowest BCUT2D eigenvalue weighted by Crippen LogP contribution is -2.46. The summed E-state index contributed by atoms with van der Waals surface area (Å²) < 4.78 is 16.4.